The van der Waals surface area contributed by atoms with E-state index in [1.165, 1.54) is 12.0 Å². The van der Waals surface area contributed by atoms with Crippen LogP contribution in [0, 0.1) is 18.8 Å². The van der Waals surface area contributed by atoms with Gasteiger partial charge in [0.1, 0.15) is 6.04 Å². The van der Waals surface area contributed by atoms with Crippen LogP contribution in [0.2, 0.25) is 0 Å². The Kier molecular flexibility index (Phi) is 6.69. The standard InChI is InChI=1S/C17H26N2O.ClH/c1-11-4-6-14(7-5-11)16(18)17(20)19-15-9-12(2)8-13(3)10-15;/h4-7,12-13,15-16H,8-10,18H2,1-3H3,(H,19,20);1H. The number of benzene rings is 1. The lowest BCUT2D eigenvalue weighted by Gasteiger charge is -2.32. The Morgan fingerprint density at radius 2 is 1.67 bits per heavy atom. The first-order chi connectivity index (χ1) is 9.45. The Hall–Kier alpha value is -1.06. The Bertz CT molecular complexity index is 450. The van der Waals surface area contributed by atoms with Crippen LogP contribution in [0.4, 0.5) is 0 Å². The fourth-order valence-corrected chi connectivity index (χ4v) is 3.28. The monoisotopic (exact) mass is 310 g/mol. The van der Waals surface area contributed by atoms with Crippen LogP contribution in [0.5, 0.6) is 0 Å². The summed E-state index contributed by atoms with van der Waals surface area (Å²) in [4.78, 5) is 12.3. The van der Waals surface area contributed by atoms with Crippen LogP contribution in [0.1, 0.15) is 50.3 Å². The lowest BCUT2D eigenvalue weighted by Crippen LogP contribution is -2.44. The van der Waals surface area contributed by atoms with Gasteiger partial charge in [-0.05, 0) is 43.6 Å². The molecule has 0 aromatic heterocycles. The molecule has 0 saturated heterocycles. The number of nitrogens with one attached hydrogen (secondary N) is 1. The number of rotatable bonds is 3. The molecular weight excluding hydrogens is 284 g/mol. The Labute approximate surface area is 134 Å². The molecule has 0 bridgehead atoms. The van der Waals surface area contributed by atoms with Gasteiger partial charge in [0.05, 0.1) is 0 Å². The fourth-order valence-electron chi connectivity index (χ4n) is 3.28. The van der Waals surface area contributed by atoms with Gasteiger partial charge in [-0.25, -0.2) is 0 Å². The third-order valence-electron chi connectivity index (χ3n) is 4.24. The summed E-state index contributed by atoms with van der Waals surface area (Å²) in [5.41, 5.74) is 8.12. The van der Waals surface area contributed by atoms with E-state index in [4.69, 9.17) is 5.73 Å². The van der Waals surface area contributed by atoms with Gasteiger partial charge in [0.25, 0.3) is 0 Å². The first-order valence-corrected chi connectivity index (χ1v) is 7.58. The highest BCUT2D eigenvalue weighted by atomic mass is 35.5. The van der Waals surface area contributed by atoms with Crippen LogP contribution in [-0.4, -0.2) is 11.9 Å². The minimum absolute atomic E-state index is 0. The highest BCUT2D eigenvalue weighted by Crippen LogP contribution is 2.28. The summed E-state index contributed by atoms with van der Waals surface area (Å²) in [5, 5.41) is 3.13. The van der Waals surface area contributed by atoms with E-state index in [0.29, 0.717) is 11.8 Å². The van der Waals surface area contributed by atoms with E-state index in [2.05, 4.69) is 19.2 Å². The summed E-state index contributed by atoms with van der Waals surface area (Å²) in [6, 6.07) is 7.57. The number of hydrogen-bond donors (Lipinski definition) is 2. The van der Waals surface area contributed by atoms with Crippen molar-refractivity contribution in [3.63, 3.8) is 0 Å². The third-order valence-corrected chi connectivity index (χ3v) is 4.24. The van der Waals surface area contributed by atoms with E-state index < -0.39 is 6.04 Å². The minimum Gasteiger partial charge on any atom is -0.352 e. The second-order valence-electron chi connectivity index (χ2n) is 6.51. The van der Waals surface area contributed by atoms with E-state index in [1.54, 1.807) is 0 Å². The van der Waals surface area contributed by atoms with Crippen LogP contribution >= 0.6 is 12.4 Å². The zero-order chi connectivity index (χ0) is 14.7. The molecule has 0 spiro atoms. The van der Waals surface area contributed by atoms with Crippen LogP contribution in [0.25, 0.3) is 0 Å². The lowest BCUT2D eigenvalue weighted by molar-refractivity contribution is -0.123. The molecule has 0 aliphatic heterocycles. The Morgan fingerprint density at radius 3 is 2.19 bits per heavy atom. The van der Waals surface area contributed by atoms with Crippen molar-refractivity contribution in [2.45, 2.75) is 52.1 Å². The maximum absolute atomic E-state index is 12.3. The average molecular weight is 311 g/mol. The van der Waals surface area contributed by atoms with E-state index in [1.807, 2.05) is 31.2 Å². The molecule has 3 atom stereocenters. The highest BCUT2D eigenvalue weighted by molar-refractivity contribution is 5.85. The van der Waals surface area contributed by atoms with Crippen LogP contribution in [-0.2, 0) is 4.79 Å². The largest absolute Gasteiger partial charge is 0.352 e. The van der Waals surface area contributed by atoms with Crippen LogP contribution in [0.15, 0.2) is 24.3 Å². The SMILES string of the molecule is Cc1ccc(C(N)C(=O)NC2CC(C)CC(C)C2)cc1.Cl. The zero-order valence-corrected chi connectivity index (χ0v) is 14.0. The van der Waals surface area contributed by atoms with Gasteiger partial charge in [-0.1, -0.05) is 43.7 Å². The van der Waals surface area contributed by atoms with Gasteiger partial charge in [-0.15, -0.1) is 12.4 Å². The summed E-state index contributed by atoms with van der Waals surface area (Å²) in [5.74, 6) is 1.31. The quantitative estimate of drug-likeness (QED) is 0.899. The summed E-state index contributed by atoms with van der Waals surface area (Å²) in [6.07, 6.45) is 3.39. The number of halogens is 1. The summed E-state index contributed by atoms with van der Waals surface area (Å²) in [6.45, 7) is 6.55. The molecule has 1 amide bonds. The summed E-state index contributed by atoms with van der Waals surface area (Å²) >= 11 is 0. The van der Waals surface area contributed by atoms with Gasteiger partial charge >= 0.3 is 0 Å². The van der Waals surface area contributed by atoms with E-state index >= 15 is 0 Å². The molecule has 1 aliphatic rings. The number of nitrogens with two attached hydrogens (primary N) is 1. The van der Waals surface area contributed by atoms with E-state index in [-0.39, 0.29) is 24.4 Å². The van der Waals surface area contributed by atoms with E-state index in [9.17, 15) is 4.79 Å². The summed E-state index contributed by atoms with van der Waals surface area (Å²) in [7, 11) is 0. The molecule has 3 unspecified atom stereocenters. The van der Waals surface area contributed by atoms with Crippen LogP contribution < -0.4 is 11.1 Å². The van der Waals surface area contributed by atoms with Crippen molar-refractivity contribution in [1.29, 1.82) is 0 Å². The molecular formula is C17H27ClN2O. The van der Waals surface area contributed by atoms with E-state index in [0.717, 1.165) is 18.4 Å². The molecule has 1 saturated carbocycles. The highest BCUT2D eigenvalue weighted by Gasteiger charge is 2.26. The Balaban J connectivity index is 0.00000220. The predicted octanol–water partition coefficient (Wildman–Crippen LogP) is 3.36. The molecule has 3 N–H and O–H groups in total. The maximum Gasteiger partial charge on any atom is 0.241 e. The molecule has 118 valence electrons. The van der Waals surface area contributed by atoms with Gasteiger partial charge < -0.3 is 11.1 Å². The second-order valence-corrected chi connectivity index (χ2v) is 6.51. The molecule has 3 nitrogen and oxygen atoms in total. The smallest absolute Gasteiger partial charge is 0.241 e. The molecule has 0 radical (unpaired) electrons. The summed E-state index contributed by atoms with van der Waals surface area (Å²) < 4.78 is 0. The predicted molar refractivity (Wildman–Crippen MR) is 89.5 cm³/mol. The average Bonchev–Trinajstić information content (AvgIpc) is 2.37. The van der Waals surface area contributed by atoms with Crippen molar-refractivity contribution in [2.75, 3.05) is 0 Å². The molecule has 1 aromatic carbocycles. The van der Waals surface area contributed by atoms with Crippen molar-refractivity contribution in [3.8, 4) is 0 Å². The van der Waals surface area contributed by atoms with Gasteiger partial charge in [-0.2, -0.15) is 0 Å². The molecule has 21 heavy (non-hydrogen) atoms. The molecule has 1 fully saturated rings. The first kappa shape index (κ1) is 18.0. The zero-order valence-electron chi connectivity index (χ0n) is 13.1. The normalized spacial score (nSPS) is 26.6. The molecule has 1 aliphatic carbocycles. The first-order valence-electron chi connectivity index (χ1n) is 7.58. The van der Waals surface area contributed by atoms with Gasteiger partial charge in [0, 0.05) is 6.04 Å². The number of carbonyl (C=O) groups is 1. The third kappa shape index (κ3) is 5.01. The van der Waals surface area contributed by atoms with Gasteiger partial charge in [0.15, 0.2) is 0 Å². The van der Waals surface area contributed by atoms with Crippen molar-refractivity contribution in [1.82, 2.24) is 5.32 Å². The molecule has 0 heterocycles. The number of carbonyl (C=O) groups excluding carboxylic acids is 1. The van der Waals surface area contributed by atoms with Gasteiger partial charge in [-0.3, -0.25) is 4.79 Å². The van der Waals surface area contributed by atoms with Crippen molar-refractivity contribution in [2.24, 2.45) is 17.6 Å². The maximum atomic E-state index is 12.3. The van der Waals surface area contributed by atoms with Crippen molar-refractivity contribution in [3.05, 3.63) is 35.4 Å². The molecule has 1 aromatic rings. The van der Waals surface area contributed by atoms with Gasteiger partial charge in [0.2, 0.25) is 5.91 Å². The number of hydrogen-bond acceptors (Lipinski definition) is 2. The number of aryl methyl sites for hydroxylation is 1. The molecule has 4 heteroatoms. The van der Waals surface area contributed by atoms with Crippen molar-refractivity contribution < 1.29 is 4.79 Å². The lowest BCUT2D eigenvalue weighted by atomic mass is 9.80. The fraction of sp³-hybridized carbons (Fsp3) is 0.588. The Morgan fingerprint density at radius 1 is 1.14 bits per heavy atom. The second kappa shape index (κ2) is 7.81. The van der Waals surface area contributed by atoms with Crippen molar-refractivity contribution >= 4 is 18.3 Å². The van der Waals surface area contributed by atoms with Crippen LogP contribution in [0.3, 0.4) is 0 Å². The molecule has 2 rings (SSSR count). The minimum atomic E-state index is -0.567. The topological polar surface area (TPSA) is 55.1 Å². The number of amides is 1.